The van der Waals surface area contributed by atoms with E-state index in [2.05, 4.69) is 0 Å². The minimum absolute atomic E-state index is 0. The number of nitro groups is 1. The normalized spacial score (nSPS) is 12.8. The molecule has 0 aliphatic rings. The zero-order valence-corrected chi connectivity index (χ0v) is 15.5. The van der Waals surface area contributed by atoms with Crippen molar-refractivity contribution in [2.45, 2.75) is 45.8 Å². The summed E-state index contributed by atoms with van der Waals surface area (Å²) in [5.41, 5.74) is 5.14. The summed E-state index contributed by atoms with van der Waals surface area (Å²) >= 11 is 0. The second kappa shape index (κ2) is 9.92. The van der Waals surface area contributed by atoms with Crippen LogP contribution in [0.3, 0.4) is 0 Å². The number of nitrogens with two attached hydrogens (primary N) is 1. The Morgan fingerprint density at radius 1 is 1.39 bits per heavy atom. The smallest absolute Gasteiger partial charge is 0.305 e. The lowest BCUT2D eigenvalue weighted by Gasteiger charge is -2.26. The van der Waals surface area contributed by atoms with Gasteiger partial charge in [0.2, 0.25) is 5.82 Å². The average molecular weight is 399 g/mol. The standard InChI is InChI=1S/C18H26FN3O5.CH4/c1-18(2,11-23)17-7-12-6-16(22(25)26)14(19)8-15(12)21(17)9-13(24)10-27-5-3-4-20;/h6-8,13,23-24H,3-5,9-11,20H2,1-2H3;1H4. The maximum absolute atomic E-state index is 14.2. The Labute approximate surface area is 163 Å². The Kier molecular flexibility index (Phi) is 8.49. The molecule has 8 nitrogen and oxygen atoms in total. The molecule has 2 rings (SSSR count). The summed E-state index contributed by atoms with van der Waals surface area (Å²) in [4.78, 5) is 10.2. The minimum atomic E-state index is -0.950. The van der Waals surface area contributed by atoms with Crippen molar-refractivity contribution in [1.29, 1.82) is 0 Å². The van der Waals surface area contributed by atoms with Gasteiger partial charge in [0.25, 0.3) is 0 Å². The van der Waals surface area contributed by atoms with Crippen LogP contribution in [0, 0.1) is 15.9 Å². The maximum Gasteiger partial charge on any atom is 0.305 e. The molecule has 0 aliphatic carbocycles. The van der Waals surface area contributed by atoms with Crippen LogP contribution in [0.1, 0.15) is 33.4 Å². The van der Waals surface area contributed by atoms with Crippen molar-refractivity contribution in [3.8, 4) is 0 Å². The van der Waals surface area contributed by atoms with Crippen molar-refractivity contribution in [1.82, 2.24) is 4.57 Å². The van der Waals surface area contributed by atoms with Gasteiger partial charge < -0.3 is 25.3 Å². The lowest BCUT2D eigenvalue weighted by atomic mass is 9.90. The van der Waals surface area contributed by atoms with Crippen LogP contribution in [0.5, 0.6) is 0 Å². The van der Waals surface area contributed by atoms with E-state index in [1.807, 2.05) is 0 Å². The van der Waals surface area contributed by atoms with E-state index < -0.39 is 27.9 Å². The topological polar surface area (TPSA) is 124 Å². The lowest BCUT2D eigenvalue weighted by Crippen LogP contribution is -2.30. The molecule has 1 unspecified atom stereocenters. The molecule has 1 aromatic heterocycles. The molecule has 9 heteroatoms. The van der Waals surface area contributed by atoms with Gasteiger partial charge in [0.1, 0.15) is 0 Å². The Balaban J connectivity index is 0.00000392. The van der Waals surface area contributed by atoms with Gasteiger partial charge in [-0.25, -0.2) is 0 Å². The number of ether oxygens (including phenoxy) is 1. The first-order valence-electron chi connectivity index (χ1n) is 8.75. The fourth-order valence-electron chi connectivity index (χ4n) is 2.92. The largest absolute Gasteiger partial charge is 0.395 e. The highest BCUT2D eigenvalue weighted by molar-refractivity contribution is 5.84. The highest BCUT2D eigenvalue weighted by atomic mass is 19.1. The first-order chi connectivity index (χ1) is 12.7. The zero-order valence-electron chi connectivity index (χ0n) is 15.5. The van der Waals surface area contributed by atoms with Crippen LogP contribution in [0.2, 0.25) is 0 Å². The SMILES string of the molecule is C.CC(C)(CO)c1cc2cc([N+](=O)[O-])c(F)cc2n1CC(O)COCCCN. The second-order valence-electron chi connectivity index (χ2n) is 7.17. The number of halogens is 1. The van der Waals surface area contributed by atoms with Crippen LogP contribution in [-0.4, -0.2) is 52.2 Å². The monoisotopic (exact) mass is 399 g/mol. The van der Waals surface area contributed by atoms with E-state index in [9.17, 15) is 24.7 Å². The van der Waals surface area contributed by atoms with Crippen LogP contribution >= 0.6 is 0 Å². The summed E-state index contributed by atoms with van der Waals surface area (Å²) in [5.74, 6) is -0.950. The van der Waals surface area contributed by atoms with E-state index in [-0.39, 0.29) is 27.2 Å². The molecule has 0 radical (unpaired) electrons. The van der Waals surface area contributed by atoms with E-state index in [4.69, 9.17) is 10.5 Å². The third-order valence-corrected chi connectivity index (χ3v) is 4.45. The lowest BCUT2D eigenvalue weighted by molar-refractivity contribution is -0.387. The highest BCUT2D eigenvalue weighted by Gasteiger charge is 2.28. The van der Waals surface area contributed by atoms with Gasteiger partial charge in [-0.2, -0.15) is 4.39 Å². The molecule has 28 heavy (non-hydrogen) atoms. The van der Waals surface area contributed by atoms with E-state index in [0.29, 0.717) is 36.2 Å². The van der Waals surface area contributed by atoms with Crippen molar-refractivity contribution in [3.63, 3.8) is 0 Å². The van der Waals surface area contributed by atoms with E-state index in [1.54, 1.807) is 24.5 Å². The molecular weight excluding hydrogens is 369 g/mol. The second-order valence-corrected chi connectivity index (χ2v) is 7.17. The third kappa shape index (κ3) is 5.26. The first kappa shape index (κ1) is 24.0. The number of nitro benzene ring substituents is 1. The summed E-state index contributed by atoms with van der Waals surface area (Å²) in [6, 6.07) is 3.94. The van der Waals surface area contributed by atoms with Crippen LogP contribution < -0.4 is 5.73 Å². The van der Waals surface area contributed by atoms with E-state index >= 15 is 0 Å². The minimum Gasteiger partial charge on any atom is -0.395 e. The van der Waals surface area contributed by atoms with Gasteiger partial charge in [0.05, 0.1) is 36.3 Å². The van der Waals surface area contributed by atoms with Crippen LogP contribution in [-0.2, 0) is 16.7 Å². The van der Waals surface area contributed by atoms with E-state index in [0.717, 1.165) is 6.07 Å². The molecule has 0 spiro atoms. The van der Waals surface area contributed by atoms with Gasteiger partial charge in [0, 0.05) is 35.2 Å². The molecule has 4 N–H and O–H groups in total. The molecule has 0 saturated carbocycles. The van der Waals surface area contributed by atoms with Gasteiger partial charge in [-0.1, -0.05) is 21.3 Å². The number of benzene rings is 1. The number of fused-ring (bicyclic) bond motifs is 1. The Morgan fingerprint density at radius 3 is 2.64 bits per heavy atom. The molecular formula is C19H30FN3O5. The van der Waals surface area contributed by atoms with Gasteiger partial charge in [-0.3, -0.25) is 10.1 Å². The quantitative estimate of drug-likeness (QED) is 0.320. The van der Waals surface area contributed by atoms with Crippen molar-refractivity contribution in [2.75, 3.05) is 26.4 Å². The molecule has 0 amide bonds. The van der Waals surface area contributed by atoms with Gasteiger partial charge in [-0.05, 0) is 19.0 Å². The maximum atomic E-state index is 14.2. The first-order valence-corrected chi connectivity index (χ1v) is 8.75. The molecule has 2 aromatic rings. The van der Waals surface area contributed by atoms with Gasteiger partial charge >= 0.3 is 5.69 Å². The fourth-order valence-corrected chi connectivity index (χ4v) is 2.92. The number of rotatable bonds is 10. The number of aliphatic hydroxyl groups excluding tert-OH is 2. The zero-order chi connectivity index (χ0) is 20.2. The fraction of sp³-hybridized carbons (Fsp3) is 0.579. The number of nitrogens with zero attached hydrogens (tertiary/aromatic N) is 2. The third-order valence-electron chi connectivity index (χ3n) is 4.45. The number of aliphatic hydroxyl groups is 2. The van der Waals surface area contributed by atoms with Crippen LogP contribution in [0.4, 0.5) is 10.1 Å². The Morgan fingerprint density at radius 2 is 2.07 bits per heavy atom. The molecule has 1 aromatic carbocycles. The molecule has 0 fully saturated rings. The molecule has 0 saturated heterocycles. The highest BCUT2D eigenvalue weighted by Crippen LogP contribution is 2.33. The predicted molar refractivity (Wildman–Crippen MR) is 106 cm³/mol. The average Bonchev–Trinajstić information content (AvgIpc) is 2.96. The van der Waals surface area contributed by atoms with Crippen LogP contribution in [0.25, 0.3) is 10.9 Å². The predicted octanol–water partition coefficient (Wildman–Crippen LogP) is 2.32. The summed E-state index contributed by atoms with van der Waals surface area (Å²) < 4.78 is 21.2. The summed E-state index contributed by atoms with van der Waals surface area (Å²) in [6.07, 6.45) is -0.193. The Hall–Kier alpha value is -2.07. The Bertz CT molecular complexity index is 806. The number of hydrogen-bond donors (Lipinski definition) is 3. The molecule has 0 bridgehead atoms. The van der Waals surface area contributed by atoms with E-state index in [1.165, 1.54) is 6.07 Å². The summed E-state index contributed by atoms with van der Waals surface area (Å²) in [5, 5.41) is 31.5. The van der Waals surface area contributed by atoms with Crippen molar-refractivity contribution in [3.05, 3.63) is 39.8 Å². The van der Waals surface area contributed by atoms with Gasteiger partial charge in [0.15, 0.2) is 0 Å². The molecule has 1 heterocycles. The van der Waals surface area contributed by atoms with Crippen molar-refractivity contribution < 1.29 is 24.3 Å². The summed E-state index contributed by atoms with van der Waals surface area (Å²) in [7, 11) is 0. The van der Waals surface area contributed by atoms with Crippen molar-refractivity contribution >= 4 is 16.6 Å². The van der Waals surface area contributed by atoms with Gasteiger partial charge in [-0.15, -0.1) is 0 Å². The molecule has 1 atom stereocenters. The molecule has 158 valence electrons. The number of hydrogen-bond acceptors (Lipinski definition) is 6. The number of aromatic nitrogens is 1. The van der Waals surface area contributed by atoms with Crippen LogP contribution in [0.15, 0.2) is 18.2 Å². The molecule has 0 aliphatic heterocycles. The summed E-state index contributed by atoms with van der Waals surface area (Å²) in [6.45, 7) is 4.51. The van der Waals surface area contributed by atoms with Crippen molar-refractivity contribution in [2.24, 2.45) is 5.73 Å².